The minimum Gasteiger partial charge on any atom is -0.373 e. The van der Waals surface area contributed by atoms with Crippen molar-refractivity contribution in [1.82, 2.24) is 15.5 Å². The van der Waals surface area contributed by atoms with Crippen LogP contribution in [0.5, 0.6) is 0 Å². The quantitative estimate of drug-likeness (QED) is 0.612. The van der Waals surface area contributed by atoms with E-state index in [1.807, 2.05) is 7.05 Å². The summed E-state index contributed by atoms with van der Waals surface area (Å²) in [6, 6.07) is 11.7. The average molecular weight is 345 g/mol. The molecular formula is C20H32N4O. The van der Waals surface area contributed by atoms with Gasteiger partial charge in [-0.3, -0.25) is 9.89 Å². The van der Waals surface area contributed by atoms with Crippen LogP contribution in [0, 0.1) is 0 Å². The van der Waals surface area contributed by atoms with Gasteiger partial charge in [0.25, 0.3) is 0 Å². The Balaban J connectivity index is 1.37. The molecule has 3 rings (SSSR count). The highest BCUT2D eigenvalue weighted by Crippen LogP contribution is 2.22. The Morgan fingerprint density at radius 2 is 2.20 bits per heavy atom. The Bertz CT molecular complexity index is 548. The first-order chi connectivity index (χ1) is 12.2. The molecule has 3 unspecified atom stereocenters. The number of hydrogen-bond acceptors (Lipinski definition) is 3. The molecule has 2 aliphatic heterocycles. The number of aliphatic imine (C=N–C) groups is 1. The van der Waals surface area contributed by atoms with E-state index in [0.29, 0.717) is 12.1 Å². The van der Waals surface area contributed by atoms with Gasteiger partial charge in [-0.1, -0.05) is 30.3 Å². The van der Waals surface area contributed by atoms with Crippen molar-refractivity contribution in [3.63, 3.8) is 0 Å². The summed E-state index contributed by atoms with van der Waals surface area (Å²) in [7, 11) is 1.83. The zero-order valence-corrected chi connectivity index (χ0v) is 15.6. The molecule has 0 spiro atoms. The fourth-order valence-electron chi connectivity index (χ4n) is 3.75. The fourth-order valence-corrected chi connectivity index (χ4v) is 3.75. The van der Waals surface area contributed by atoms with Crippen LogP contribution < -0.4 is 10.6 Å². The van der Waals surface area contributed by atoms with Crippen molar-refractivity contribution in [2.24, 2.45) is 4.99 Å². The molecule has 0 amide bonds. The summed E-state index contributed by atoms with van der Waals surface area (Å²) >= 11 is 0. The molecule has 0 bridgehead atoms. The first-order valence-corrected chi connectivity index (χ1v) is 9.61. The van der Waals surface area contributed by atoms with Crippen LogP contribution in [0.4, 0.5) is 0 Å². The highest BCUT2D eigenvalue weighted by molar-refractivity contribution is 5.79. The molecule has 2 heterocycles. The van der Waals surface area contributed by atoms with Crippen molar-refractivity contribution in [3.8, 4) is 0 Å². The molecule has 5 nitrogen and oxygen atoms in total. The highest BCUT2D eigenvalue weighted by atomic mass is 16.5. The number of morpholine rings is 1. The third-order valence-corrected chi connectivity index (χ3v) is 5.27. The van der Waals surface area contributed by atoms with E-state index in [1.165, 1.54) is 24.9 Å². The topological polar surface area (TPSA) is 48.9 Å². The summed E-state index contributed by atoms with van der Waals surface area (Å²) < 4.78 is 6.01. The Kier molecular flexibility index (Phi) is 6.70. The van der Waals surface area contributed by atoms with Crippen LogP contribution in [-0.2, 0) is 11.2 Å². The molecule has 138 valence electrons. The van der Waals surface area contributed by atoms with Gasteiger partial charge in [0.2, 0.25) is 0 Å². The van der Waals surface area contributed by atoms with Crippen molar-refractivity contribution in [1.29, 1.82) is 0 Å². The lowest BCUT2D eigenvalue weighted by molar-refractivity contribution is -0.0453. The summed E-state index contributed by atoms with van der Waals surface area (Å²) in [6.07, 6.45) is 5.03. The molecule has 5 heteroatoms. The van der Waals surface area contributed by atoms with Crippen LogP contribution in [0.1, 0.15) is 31.7 Å². The third kappa shape index (κ3) is 5.44. The number of fused-ring (bicyclic) bond motifs is 1. The smallest absolute Gasteiger partial charge is 0.191 e. The Morgan fingerprint density at radius 1 is 1.36 bits per heavy atom. The molecule has 2 N–H and O–H groups in total. The molecule has 0 aliphatic carbocycles. The van der Waals surface area contributed by atoms with Gasteiger partial charge >= 0.3 is 0 Å². The van der Waals surface area contributed by atoms with Crippen LogP contribution in [0.15, 0.2) is 35.3 Å². The fraction of sp³-hybridized carbons (Fsp3) is 0.650. The maximum Gasteiger partial charge on any atom is 0.191 e. The second kappa shape index (κ2) is 9.20. The lowest BCUT2D eigenvalue weighted by Crippen LogP contribution is -2.52. The van der Waals surface area contributed by atoms with E-state index in [1.54, 1.807) is 0 Å². The molecule has 2 saturated heterocycles. The number of nitrogens with one attached hydrogen (secondary N) is 2. The van der Waals surface area contributed by atoms with Gasteiger partial charge in [0.15, 0.2) is 5.96 Å². The second-order valence-corrected chi connectivity index (χ2v) is 7.27. The molecular weight excluding hydrogens is 312 g/mol. The zero-order chi connectivity index (χ0) is 17.5. The standard InChI is InChI=1S/C20H32N4O/c1-16(10-11-17-7-4-3-5-8-17)23-20(21-2)22-13-19-14-24-12-6-9-18(24)15-25-19/h3-5,7-8,16,18-19H,6,9-15H2,1-2H3,(H2,21,22,23). The summed E-state index contributed by atoms with van der Waals surface area (Å²) in [5.41, 5.74) is 1.38. The van der Waals surface area contributed by atoms with Gasteiger partial charge in [0.05, 0.1) is 12.7 Å². The van der Waals surface area contributed by atoms with Gasteiger partial charge in [0, 0.05) is 32.2 Å². The van der Waals surface area contributed by atoms with Gasteiger partial charge in [-0.15, -0.1) is 0 Å². The average Bonchev–Trinajstić information content (AvgIpc) is 3.12. The summed E-state index contributed by atoms with van der Waals surface area (Å²) in [4.78, 5) is 6.94. The minimum absolute atomic E-state index is 0.257. The van der Waals surface area contributed by atoms with E-state index in [4.69, 9.17) is 4.74 Å². The third-order valence-electron chi connectivity index (χ3n) is 5.27. The van der Waals surface area contributed by atoms with E-state index in [-0.39, 0.29) is 6.10 Å². The van der Waals surface area contributed by atoms with Crippen molar-refractivity contribution in [2.75, 3.05) is 33.3 Å². The number of rotatable bonds is 6. The van der Waals surface area contributed by atoms with E-state index < -0.39 is 0 Å². The predicted molar refractivity (Wildman–Crippen MR) is 103 cm³/mol. The van der Waals surface area contributed by atoms with Crippen molar-refractivity contribution in [3.05, 3.63) is 35.9 Å². The first kappa shape index (κ1) is 18.2. The maximum atomic E-state index is 6.01. The number of aryl methyl sites for hydroxylation is 1. The van der Waals surface area contributed by atoms with Crippen molar-refractivity contribution in [2.45, 2.75) is 50.8 Å². The van der Waals surface area contributed by atoms with Crippen LogP contribution in [0.25, 0.3) is 0 Å². The molecule has 25 heavy (non-hydrogen) atoms. The van der Waals surface area contributed by atoms with Crippen LogP contribution in [-0.4, -0.2) is 62.3 Å². The Morgan fingerprint density at radius 3 is 3.00 bits per heavy atom. The normalized spacial score (nSPS) is 25.4. The molecule has 2 aliphatic rings. The van der Waals surface area contributed by atoms with Crippen molar-refractivity contribution >= 4 is 5.96 Å². The Labute approximate surface area is 151 Å². The van der Waals surface area contributed by atoms with Gasteiger partial charge in [-0.2, -0.15) is 0 Å². The number of guanidine groups is 1. The lowest BCUT2D eigenvalue weighted by Gasteiger charge is -2.35. The van der Waals surface area contributed by atoms with E-state index in [0.717, 1.165) is 38.5 Å². The molecule has 0 radical (unpaired) electrons. The van der Waals surface area contributed by atoms with Gasteiger partial charge < -0.3 is 15.4 Å². The van der Waals surface area contributed by atoms with Crippen LogP contribution in [0.3, 0.4) is 0 Å². The molecule has 0 saturated carbocycles. The molecule has 1 aromatic rings. The molecule has 1 aromatic carbocycles. The summed E-state index contributed by atoms with van der Waals surface area (Å²) in [6.45, 7) is 6.17. The minimum atomic E-state index is 0.257. The second-order valence-electron chi connectivity index (χ2n) is 7.27. The lowest BCUT2D eigenvalue weighted by atomic mass is 10.1. The maximum absolute atomic E-state index is 6.01. The van der Waals surface area contributed by atoms with Gasteiger partial charge in [0.1, 0.15) is 0 Å². The van der Waals surface area contributed by atoms with Crippen LogP contribution >= 0.6 is 0 Å². The van der Waals surface area contributed by atoms with E-state index in [9.17, 15) is 0 Å². The summed E-state index contributed by atoms with van der Waals surface area (Å²) in [5.74, 6) is 0.868. The van der Waals surface area contributed by atoms with Crippen molar-refractivity contribution < 1.29 is 4.74 Å². The molecule has 0 aromatic heterocycles. The number of hydrogen-bond donors (Lipinski definition) is 2. The van der Waals surface area contributed by atoms with Crippen LogP contribution in [0.2, 0.25) is 0 Å². The zero-order valence-electron chi connectivity index (χ0n) is 15.6. The van der Waals surface area contributed by atoms with E-state index in [2.05, 4.69) is 57.8 Å². The first-order valence-electron chi connectivity index (χ1n) is 9.61. The number of nitrogens with zero attached hydrogens (tertiary/aromatic N) is 2. The SMILES string of the molecule is CN=C(NCC1CN2CCCC2CO1)NC(C)CCc1ccccc1. The van der Waals surface area contributed by atoms with Gasteiger partial charge in [-0.05, 0) is 44.7 Å². The molecule has 3 atom stereocenters. The monoisotopic (exact) mass is 344 g/mol. The van der Waals surface area contributed by atoms with E-state index >= 15 is 0 Å². The highest BCUT2D eigenvalue weighted by Gasteiger charge is 2.32. The van der Waals surface area contributed by atoms with Gasteiger partial charge in [-0.25, -0.2) is 0 Å². The Hall–Kier alpha value is -1.59. The number of ether oxygens (including phenoxy) is 1. The predicted octanol–water partition coefficient (Wildman–Crippen LogP) is 2.04. The largest absolute Gasteiger partial charge is 0.373 e. The molecule has 2 fully saturated rings. The summed E-state index contributed by atoms with van der Waals surface area (Å²) in [5, 5.41) is 6.93. The number of benzene rings is 1.